The first-order chi connectivity index (χ1) is 40.8. The summed E-state index contributed by atoms with van der Waals surface area (Å²) in [5.74, 6) is -5.69. The largest absolute Gasteiger partial charge is 0.480 e. The van der Waals surface area contributed by atoms with Crippen molar-refractivity contribution < 1.29 is 63.2 Å². The van der Waals surface area contributed by atoms with Gasteiger partial charge in [0.05, 0.1) is 24.5 Å². The number of aliphatic hydroxyl groups excluding tert-OH is 1. The lowest BCUT2D eigenvalue weighted by Crippen LogP contribution is -2.70. The van der Waals surface area contributed by atoms with Crippen LogP contribution in [0.4, 0.5) is 21.8 Å². The van der Waals surface area contributed by atoms with Gasteiger partial charge in [-0.3, -0.25) is 33.7 Å². The quantitative estimate of drug-likeness (QED) is 0.0428. The van der Waals surface area contributed by atoms with Gasteiger partial charge in [0, 0.05) is 78.2 Å². The van der Waals surface area contributed by atoms with E-state index in [1.807, 2.05) is 11.8 Å². The molecular formula is C59H75FN12O12S2. The van der Waals surface area contributed by atoms with Gasteiger partial charge in [-0.15, -0.1) is 11.8 Å². The van der Waals surface area contributed by atoms with Gasteiger partial charge in [0.15, 0.2) is 34.0 Å². The number of β-lactam (4-membered cyclic amide) rings is 1. The fraction of sp³-hybridized carbons (Fsp3) is 0.559. The Morgan fingerprint density at radius 3 is 2.42 bits per heavy atom. The number of nitrogens with two attached hydrogens (primary N) is 2. The fourth-order valence-corrected chi connectivity index (χ4v) is 16.3. The molecule has 4 aliphatic carbocycles. The number of nitrogen functional groups attached to an aromatic ring is 2. The molecule has 4 fully saturated rings. The zero-order valence-corrected chi connectivity index (χ0v) is 50.1. The highest BCUT2D eigenvalue weighted by atomic mass is 32.2. The number of allylic oxidation sites excluding steroid dienone is 4. The van der Waals surface area contributed by atoms with Crippen molar-refractivity contribution in [3.63, 3.8) is 0 Å². The first kappa shape index (κ1) is 63.3. The number of halogens is 1. The monoisotopic (exact) mass is 1230 g/mol. The average molecular weight is 1230 g/mol. The highest BCUT2D eigenvalue weighted by Gasteiger charge is 2.76. The molecule has 27 heteroatoms. The molecule has 7 unspecified atom stereocenters. The predicted octanol–water partition coefficient (Wildman–Crippen LogP) is 3.58. The Morgan fingerprint density at radius 1 is 0.953 bits per heavy atom. The normalized spacial score (nSPS) is 28.5. The van der Waals surface area contributed by atoms with Crippen LogP contribution < -0.4 is 37.6 Å². The zero-order valence-electron chi connectivity index (χ0n) is 48.5. The number of carbonyl (C=O) groups excluding carboxylic acids is 6. The molecule has 2 aromatic heterocycles. The number of unbranched alkanes of at least 4 members (excludes halogenated alkanes) is 4. The van der Waals surface area contributed by atoms with Crippen molar-refractivity contribution in [3.8, 4) is 0 Å². The minimum Gasteiger partial charge on any atom is -0.480 e. The van der Waals surface area contributed by atoms with Gasteiger partial charge in [0.1, 0.15) is 23.2 Å². The number of carbonyl (C=O) groups is 8. The molecule has 3 aromatic rings. The van der Waals surface area contributed by atoms with Gasteiger partial charge in [-0.05, 0) is 106 Å². The third kappa shape index (κ3) is 12.1. The van der Waals surface area contributed by atoms with Gasteiger partial charge in [-0.25, -0.2) is 23.9 Å². The topological polar surface area (TPSA) is 376 Å². The lowest BCUT2D eigenvalue weighted by Gasteiger charge is -2.62. The van der Waals surface area contributed by atoms with Gasteiger partial charge in [0.25, 0.3) is 17.7 Å². The fourth-order valence-electron chi connectivity index (χ4n) is 13.9. The lowest BCUT2D eigenvalue weighted by atomic mass is 9.44. The number of aromatic nitrogens is 4. The third-order valence-electron chi connectivity index (χ3n) is 18.6. The summed E-state index contributed by atoms with van der Waals surface area (Å²) in [4.78, 5) is 123. The number of hydrogen-bond donors (Lipinski definition) is 10. The number of fused-ring (bicyclic) bond motifs is 7. The molecule has 1 saturated heterocycles. The van der Waals surface area contributed by atoms with E-state index < -0.39 is 93.1 Å². The Hall–Kier alpha value is -7.23. The van der Waals surface area contributed by atoms with Crippen molar-refractivity contribution in [2.45, 2.75) is 139 Å². The second kappa shape index (κ2) is 25.6. The van der Waals surface area contributed by atoms with E-state index >= 15 is 4.39 Å². The maximum atomic E-state index is 17.5. The summed E-state index contributed by atoms with van der Waals surface area (Å²) < 4.78 is 17.5. The van der Waals surface area contributed by atoms with Crippen LogP contribution in [0.25, 0.3) is 11.2 Å². The third-order valence-corrected chi connectivity index (χ3v) is 21.0. The van der Waals surface area contributed by atoms with Gasteiger partial charge in [-0.2, -0.15) is 21.7 Å². The molecule has 5 amide bonds. The Balaban J connectivity index is 0.639. The van der Waals surface area contributed by atoms with Crippen LogP contribution in [-0.2, 0) is 40.1 Å². The average Bonchev–Trinajstić information content (AvgIpc) is 1.34. The van der Waals surface area contributed by atoms with E-state index in [2.05, 4.69) is 41.2 Å². The maximum absolute atomic E-state index is 17.5. The number of benzene rings is 1. The molecule has 2 aliphatic heterocycles. The van der Waals surface area contributed by atoms with Gasteiger partial charge in [-0.1, -0.05) is 44.8 Å². The number of aliphatic carboxylic acids is 2. The second-order valence-corrected chi connectivity index (χ2v) is 26.1. The maximum Gasteiger partial charge on any atom is 0.352 e. The summed E-state index contributed by atoms with van der Waals surface area (Å²) in [7, 11) is 1.81. The smallest absolute Gasteiger partial charge is 0.352 e. The van der Waals surface area contributed by atoms with Crippen molar-refractivity contribution >= 4 is 99.4 Å². The van der Waals surface area contributed by atoms with Gasteiger partial charge >= 0.3 is 11.9 Å². The minimum atomic E-state index is -2.06. The van der Waals surface area contributed by atoms with Crippen molar-refractivity contribution in [1.82, 2.24) is 46.1 Å². The van der Waals surface area contributed by atoms with Crippen LogP contribution in [0.15, 0.2) is 65.5 Å². The highest BCUT2D eigenvalue weighted by Crippen LogP contribution is 2.70. The SMILES string of the molecule is C[C@@H]1CC2C3CCC4=CC(=O)C=C[C@]4(C)C3(F)C(O)C[C@]2(C)[C@@]1(O)C(=O)NCCCCCCCC(=O)NC1C(=O)N2C(C(=O)O)=C(CSCCNC(=O)CCC(NC(=O)c3ccc(N(C)Cc4cnc5nc(N)nc(N)c5n4)cc3)C(=O)O)CSC12. The Labute approximate surface area is 504 Å². The van der Waals surface area contributed by atoms with E-state index in [9.17, 15) is 58.8 Å². The van der Waals surface area contributed by atoms with E-state index in [1.165, 1.54) is 40.6 Å². The van der Waals surface area contributed by atoms with Crippen molar-refractivity contribution in [2.75, 3.05) is 53.8 Å². The predicted molar refractivity (Wildman–Crippen MR) is 319 cm³/mol. The zero-order chi connectivity index (χ0) is 62.0. The summed E-state index contributed by atoms with van der Waals surface area (Å²) in [5.41, 5.74) is 8.58. The van der Waals surface area contributed by atoms with Crippen molar-refractivity contribution in [1.29, 1.82) is 0 Å². The van der Waals surface area contributed by atoms with Crippen LogP contribution >= 0.6 is 23.5 Å². The number of nitrogens with zero attached hydrogens (tertiary/aromatic N) is 6. The number of rotatable bonds is 25. The molecule has 24 nitrogen and oxygen atoms in total. The van der Waals surface area contributed by atoms with Crippen LogP contribution in [0.5, 0.6) is 0 Å². The number of thioether (sulfide) groups is 2. The summed E-state index contributed by atoms with van der Waals surface area (Å²) in [5, 5.41) is 54.3. The standard InChI is InChI=1S/C59H75FN12O12S2/c1-31-24-39-38-16-13-34-25-37(73)19-20-56(34,2)58(38,60)41(74)26-57(39,3)59(31,84)54(83)64-21-9-7-5-6-8-10-43(76)68-45-50(78)72-46(53(81)82)33(30-86-51(45)72)29-85-23-22-63-42(75)18-17-40(52(79)80)67-49(77)32-11-14-36(15-12-32)71(4)28-35-27-65-48-44(66-35)47(61)69-55(62)70-48/h11-12,14-15,19-20,25,27,31,38-41,45,51,74,84H,5-10,13,16-18,21-24,26,28-30H2,1-4H3,(H,63,75)(H,64,83)(H,67,77)(H,68,76)(H,79,80)(H,81,82)(H4,61,62,65,69,70)/t31-,38?,39?,40?,41?,45?,51?,56+,57+,58?,59+/m1/s1. The number of alkyl halides is 1. The molecule has 0 spiro atoms. The number of aliphatic hydroxyl groups is 2. The van der Waals surface area contributed by atoms with E-state index in [4.69, 9.17) is 11.5 Å². The van der Waals surface area contributed by atoms with Crippen LogP contribution in [0.2, 0.25) is 0 Å². The van der Waals surface area contributed by atoms with Gasteiger partial charge < -0.3 is 58.1 Å². The highest BCUT2D eigenvalue weighted by molar-refractivity contribution is 8.01. The molecule has 6 aliphatic rings. The van der Waals surface area contributed by atoms with E-state index in [1.54, 1.807) is 57.4 Å². The molecule has 462 valence electrons. The number of ketones is 1. The molecule has 9 rings (SSSR count). The number of anilines is 3. The molecule has 0 radical (unpaired) electrons. The van der Waals surface area contributed by atoms with Gasteiger partial charge in [0.2, 0.25) is 17.8 Å². The molecule has 3 saturated carbocycles. The first-order valence-electron chi connectivity index (χ1n) is 29.1. The van der Waals surface area contributed by atoms with Crippen molar-refractivity contribution in [2.24, 2.45) is 28.6 Å². The number of amides is 5. The summed E-state index contributed by atoms with van der Waals surface area (Å²) in [6.07, 6.45) is 8.84. The Morgan fingerprint density at radius 2 is 1.69 bits per heavy atom. The Bertz CT molecular complexity index is 3300. The number of hydrogen-bond acceptors (Lipinski definition) is 19. The van der Waals surface area contributed by atoms with E-state index in [-0.39, 0.29) is 84.3 Å². The molecule has 11 atom stereocenters. The summed E-state index contributed by atoms with van der Waals surface area (Å²) in [6, 6.07) is 4.23. The van der Waals surface area contributed by atoms with Crippen LogP contribution in [-0.4, -0.2) is 165 Å². The van der Waals surface area contributed by atoms with E-state index in [0.717, 1.165) is 18.5 Å². The van der Waals surface area contributed by atoms with E-state index in [0.29, 0.717) is 85.5 Å². The summed E-state index contributed by atoms with van der Waals surface area (Å²) in [6.45, 7) is 6.16. The number of carboxylic acid groups (broad SMARTS) is 2. The van der Waals surface area contributed by atoms with Crippen LogP contribution in [0, 0.1) is 28.6 Å². The van der Waals surface area contributed by atoms with Crippen LogP contribution in [0.1, 0.15) is 114 Å². The molecule has 86 heavy (non-hydrogen) atoms. The van der Waals surface area contributed by atoms with Crippen molar-refractivity contribution in [3.05, 3.63) is 76.8 Å². The number of nitrogens with one attached hydrogen (secondary N) is 4. The molecule has 12 N–H and O–H groups in total. The second-order valence-electron chi connectivity index (χ2n) is 23.9. The molecule has 1 aromatic carbocycles. The Kier molecular flexibility index (Phi) is 18.8. The summed E-state index contributed by atoms with van der Waals surface area (Å²) >= 11 is 2.70. The lowest BCUT2D eigenvalue weighted by molar-refractivity contribution is -0.219. The number of carboxylic acids is 2. The molecule has 0 bridgehead atoms. The molecule has 4 heterocycles. The van der Waals surface area contributed by atoms with Crippen LogP contribution in [0.3, 0.4) is 0 Å². The minimum absolute atomic E-state index is 0.0140. The molecular weight excluding hydrogens is 1150 g/mol. The first-order valence-corrected chi connectivity index (χ1v) is 31.3.